The molecule has 1 aliphatic rings. The molecule has 0 spiro atoms. The van der Waals surface area contributed by atoms with Crippen molar-refractivity contribution in [3.8, 4) is 0 Å². The van der Waals surface area contributed by atoms with E-state index in [0.717, 1.165) is 13.8 Å². The molecule has 18 heteroatoms. The topological polar surface area (TPSA) is 173 Å². The second-order valence-corrected chi connectivity index (χ2v) is 8.23. The molecule has 2 N–H and O–H groups in total. The Morgan fingerprint density at radius 1 is 1.13 bits per heavy atom. The molecular formula is C20H22ClF3N6O8. The van der Waals surface area contributed by atoms with Gasteiger partial charge in [-0.05, 0) is 0 Å². The fourth-order valence-electron chi connectivity index (χ4n) is 3.52. The lowest BCUT2D eigenvalue weighted by molar-refractivity contribution is -0.174. The fraction of sp³-hybridized carbons (Fsp3) is 0.550. The zero-order valence-corrected chi connectivity index (χ0v) is 20.8. The zero-order chi connectivity index (χ0) is 28.2. The van der Waals surface area contributed by atoms with Crippen molar-refractivity contribution in [1.82, 2.24) is 24.8 Å². The second kappa shape index (κ2) is 11.9. The summed E-state index contributed by atoms with van der Waals surface area (Å²) in [6.45, 7) is 2.11. The molecule has 14 nitrogen and oxygen atoms in total. The number of amides is 2. The maximum atomic E-state index is 12.5. The normalized spacial score (nSPS) is 21.2. The highest BCUT2D eigenvalue weighted by atomic mass is 35.5. The lowest BCUT2D eigenvalue weighted by Crippen LogP contribution is -2.42. The third-order valence-corrected chi connectivity index (χ3v) is 5.20. The number of nitrogens with one attached hydrogen (secondary N) is 2. The van der Waals surface area contributed by atoms with E-state index in [2.05, 4.69) is 20.3 Å². The lowest BCUT2D eigenvalue weighted by atomic mass is 10.1. The van der Waals surface area contributed by atoms with Gasteiger partial charge in [0.25, 0.3) is 0 Å². The van der Waals surface area contributed by atoms with Crippen molar-refractivity contribution < 1.29 is 51.3 Å². The van der Waals surface area contributed by atoms with E-state index in [1.807, 2.05) is 0 Å². The van der Waals surface area contributed by atoms with Crippen LogP contribution in [0.1, 0.15) is 27.0 Å². The van der Waals surface area contributed by atoms with Gasteiger partial charge in [-0.3, -0.25) is 29.1 Å². The molecule has 1 aliphatic heterocycles. The lowest BCUT2D eigenvalue weighted by Gasteiger charge is -2.24. The molecule has 2 amide bonds. The number of anilines is 1. The molecule has 0 aromatic carbocycles. The van der Waals surface area contributed by atoms with Gasteiger partial charge in [-0.15, -0.1) is 0 Å². The highest BCUT2D eigenvalue weighted by molar-refractivity contribution is 6.33. The summed E-state index contributed by atoms with van der Waals surface area (Å²) in [6.07, 6.45) is -8.54. The molecule has 1 saturated heterocycles. The minimum Gasteiger partial charge on any atom is -0.463 e. The molecule has 0 unspecified atom stereocenters. The van der Waals surface area contributed by atoms with Crippen LogP contribution < -0.4 is 10.6 Å². The minimum absolute atomic E-state index is 0.0624. The quantitative estimate of drug-likeness (QED) is 0.251. The average Bonchev–Trinajstić information content (AvgIpc) is 3.35. The van der Waals surface area contributed by atoms with Gasteiger partial charge >= 0.3 is 24.0 Å². The van der Waals surface area contributed by atoms with Gasteiger partial charge in [-0.25, -0.2) is 4.98 Å². The fourth-order valence-corrected chi connectivity index (χ4v) is 3.73. The van der Waals surface area contributed by atoms with Gasteiger partial charge in [0, 0.05) is 27.3 Å². The number of hydrogen-bond acceptors (Lipinski definition) is 11. The molecule has 1 fully saturated rings. The Kier molecular flexibility index (Phi) is 9.05. The number of halogens is 4. The molecule has 0 aliphatic carbocycles. The summed E-state index contributed by atoms with van der Waals surface area (Å²) < 4.78 is 60.8. The SMILES string of the molecule is CC(=O)Nc1nc(Cl)c2ncn([C@@H]3O[C@H](COC(C)=O)[C@@H](OC(C)=O)[C@H]3OCCNC(=O)C(F)(F)F)c2n1. The first-order chi connectivity index (χ1) is 17.8. The number of rotatable bonds is 9. The van der Waals surface area contributed by atoms with Crippen LogP contribution in [0, 0.1) is 0 Å². The summed E-state index contributed by atoms with van der Waals surface area (Å²) in [5.41, 5.74) is 0.167. The Morgan fingerprint density at radius 2 is 1.84 bits per heavy atom. The largest absolute Gasteiger partial charge is 0.471 e. The van der Waals surface area contributed by atoms with E-state index in [-0.39, 0.29) is 28.9 Å². The third kappa shape index (κ3) is 7.05. The van der Waals surface area contributed by atoms with E-state index in [0.29, 0.717) is 0 Å². The number of carbonyl (C=O) groups excluding carboxylic acids is 4. The maximum Gasteiger partial charge on any atom is 0.471 e. The Labute approximate surface area is 217 Å². The number of ether oxygens (including phenoxy) is 4. The smallest absolute Gasteiger partial charge is 0.463 e. The van der Waals surface area contributed by atoms with Crippen molar-refractivity contribution in [2.24, 2.45) is 0 Å². The highest BCUT2D eigenvalue weighted by Crippen LogP contribution is 2.36. The predicted molar refractivity (Wildman–Crippen MR) is 120 cm³/mol. The van der Waals surface area contributed by atoms with E-state index >= 15 is 0 Å². The molecule has 3 heterocycles. The van der Waals surface area contributed by atoms with E-state index < -0.39 is 67.6 Å². The first-order valence-electron chi connectivity index (χ1n) is 10.9. The molecular weight excluding hydrogens is 545 g/mol. The summed E-state index contributed by atoms with van der Waals surface area (Å²) in [5.74, 6) is -4.21. The summed E-state index contributed by atoms with van der Waals surface area (Å²) in [5, 5.41) is 3.93. The number of fused-ring (bicyclic) bond motifs is 1. The summed E-state index contributed by atoms with van der Waals surface area (Å²) in [6, 6.07) is 0. The van der Waals surface area contributed by atoms with Crippen LogP contribution in [-0.2, 0) is 38.1 Å². The molecule has 3 rings (SSSR count). The molecule has 0 bridgehead atoms. The number of nitrogens with zero attached hydrogens (tertiary/aromatic N) is 4. The van der Waals surface area contributed by atoms with Crippen LogP contribution in [0.15, 0.2) is 6.33 Å². The van der Waals surface area contributed by atoms with Gasteiger partial charge in [0.1, 0.15) is 24.3 Å². The van der Waals surface area contributed by atoms with Crippen LogP contribution in [0.5, 0.6) is 0 Å². The van der Waals surface area contributed by atoms with E-state index in [1.165, 1.54) is 17.8 Å². The molecule has 2 aromatic rings. The first kappa shape index (κ1) is 29.0. The Hall–Kier alpha value is -3.57. The molecule has 2 aromatic heterocycles. The standard InChI is InChI=1S/C20H22ClF3N6O8/c1-8(31)27-19-28-15(21)12-16(29-19)30(7-26-12)17-14(35-5-4-25-18(34)20(22,23)24)13(37-10(3)33)11(38-17)6-36-9(2)32/h7,11,13-14,17H,4-6H2,1-3H3,(H,25,34)(H,27,28,29,31)/t11-,13-,14-,17-/m1/s1. The van der Waals surface area contributed by atoms with Crippen LogP contribution in [0.3, 0.4) is 0 Å². The highest BCUT2D eigenvalue weighted by Gasteiger charge is 2.50. The summed E-state index contributed by atoms with van der Waals surface area (Å²) >= 11 is 6.17. The van der Waals surface area contributed by atoms with Gasteiger partial charge in [0.15, 0.2) is 23.1 Å². The Morgan fingerprint density at radius 3 is 2.45 bits per heavy atom. The molecule has 208 valence electrons. The minimum atomic E-state index is -5.09. The van der Waals surface area contributed by atoms with Crippen LogP contribution in [0.2, 0.25) is 5.15 Å². The number of alkyl halides is 3. The van der Waals surface area contributed by atoms with Crippen molar-refractivity contribution in [1.29, 1.82) is 0 Å². The first-order valence-corrected chi connectivity index (χ1v) is 11.3. The summed E-state index contributed by atoms with van der Waals surface area (Å²) in [4.78, 5) is 58.1. The van der Waals surface area contributed by atoms with Gasteiger partial charge in [0.2, 0.25) is 11.9 Å². The zero-order valence-electron chi connectivity index (χ0n) is 20.1. The van der Waals surface area contributed by atoms with Crippen molar-refractivity contribution in [2.75, 3.05) is 25.1 Å². The monoisotopic (exact) mass is 566 g/mol. The van der Waals surface area contributed by atoms with Crippen molar-refractivity contribution in [3.63, 3.8) is 0 Å². The van der Waals surface area contributed by atoms with E-state index in [1.54, 1.807) is 5.32 Å². The number of carbonyl (C=O) groups is 4. The Bertz CT molecular complexity index is 1230. The van der Waals surface area contributed by atoms with E-state index in [9.17, 15) is 32.3 Å². The van der Waals surface area contributed by atoms with Gasteiger partial charge in [-0.2, -0.15) is 23.1 Å². The predicted octanol–water partition coefficient (Wildman–Crippen LogP) is 0.894. The molecule has 0 radical (unpaired) electrons. The second-order valence-electron chi connectivity index (χ2n) is 7.87. The van der Waals surface area contributed by atoms with Crippen LogP contribution in [0.4, 0.5) is 19.1 Å². The van der Waals surface area contributed by atoms with Crippen molar-refractivity contribution in [3.05, 3.63) is 11.5 Å². The van der Waals surface area contributed by atoms with Crippen molar-refractivity contribution >= 4 is 52.5 Å². The van der Waals surface area contributed by atoms with Crippen molar-refractivity contribution in [2.45, 2.75) is 51.5 Å². The van der Waals surface area contributed by atoms with Crippen LogP contribution >= 0.6 is 11.6 Å². The van der Waals surface area contributed by atoms with Crippen LogP contribution in [0.25, 0.3) is 11.2 Å². The summed E-state index contributed by atoms with van der Waals surface area (Å²) in [7, 11) is 0. The number of imidazole rings is 1. The van der Waals surface area contributed by atoms with Gasteiger partial charge < -0.3 is 24.3 Å². The number of esters is 2. The average molecular weight is 567 g/mol. The molecule has 38 heavy (non-hydrogen) atoms. The molecule has 0 saturated carbocycles. The third-order valence-electron chi connectivity index (χ3n) is 4.93. The van der Waals surface area contributed by atoms with E-state index in [4.69, 9.17) is 30.5 Å². The Balaban J connectivity index is 1.95. The number of aromatic nitrogens is 4. The number of hydrogen-bond donors (Lipinski definition) is 2. The van der Waals surface area contributed by atoms with Gasteiger partial charge in [-0.1, -0.05) is 11.6 Å². The molecule has 4 atom stereocenters. The maximum absolute atomic E-state index is 12.5. The van der Waals surface area contributed by atoms with Crippen LogP contribution in [-0.4, -0.2) is 87.5 Å². The van der Waals surface area contributed by atoms with Gasteiger partial charge in [0.05, 0.1) is 12.9 Å².